The van der Waals surface area contributed by atoms with Crippen molar-refractivity contribution in [1.29, 1.82) is 0 Å². The molecule has 2 N–H and O–H groups in total. The van der Waals surface area contributed by atoms with Gasteiger partial charge in [-0.2, -0.15) is 0 Å². The second-order valence-corrected chi connectivity index (χ2v) is 11.9. The first-order chi connectivity index (χ1) is 13.6. The van der Waals surface area contributed by atoms with Crippen LogP contribution in [0.2, 0.25) is 0 Å². The number of amides is 1. The molecular formula is C25H51NO4. The summed E-state index contributed by atoms with van der Waals surface area (Å²) in [6.45, 7) is 20.6. The van der Waals surface area contributed by atoms with E-state index in [0.717, 1.165) is 38.5 Å². The first-order valence-electron chi connectivity index (χ1n) is 11.8. The molecule has 0 heterocycles. The summed E-state index contributed by atoms with van der Waals surface area (Å²) >= 11 is 0. The highest BCUT2D eigenvalue weighted by Crippen LogP contribution is 2.26. The molecule has 0 bridgehead atoms. The Hall–Kier alpha value is -0.650. The summed E-state index contributed by atoms with van der Waals surface area (Å²) in [4.78, 5) is 12.7. The molecule has 0 saturated heterocycles. The molecule has 2 atom stereocenters. The molecule has 0 fully saturated rings. The summed E-state index contributed by atoms with van der Waals surface area (Å²) in [5, 5.41) is 12.6. The van der Waals surface area contributed by atoms with E-state index in [9.17, 15) is 9.90 Å². The number of rotatable bonds is 14. The molecule has 0 aliphatic heterocycles. The van der Waals surface area contributed by atoms with Crippen LogP contribution < -0.4 is 5.32 Å². The maximum Gasteiger partial charge on any atom is 0.225 e. The molecule has 1 unspecified atom stereocenters. The average Bonchev–Trinajstić information content (AvgIpc) is 2.57. The number of aliphatic hydroxyl groups is 1. The van der Waals surface area contributed by atoms with Crippen LogP contribution in [0.25, 0.3) is 0 Å². The molecule has 1 amide bonds. The maximum absolute atomic E-state index is 12.7. The van der Waals surface area contributed by atoms with Gasteiger partial charge in [0.15, 0.2) is 0 Å². The third-order valence-corrected chi connectivity index (χ3v) is 4.80. The minimum absolute atomic E-state index is 0.0865. The predicted octanol–water partition coefficient (Wildman–Crippen LogP) is 5.34. The van der Waals surface area contributed by atoms with Crippen molar-refractivity contribution in [2.75, 3.05) is 26.4 Å². The fraction of sp³-hybridized carbons (Fsp3) is 0.960. The molecular weight excluding hydrogens is 378 g/mol. The van der Waals surface area contributed by atoms with Crippen LogP contribution in [0.3, 0.4) is 0 Å². The van der Waals surface area contributed by atoms with Crippen LogP contribution in [0.15, 0.2) is 0 Å². The summed E-state index contributed by atoms with van der Waals surface area (Å²) in [6.07, 6.45) is 6.06. The number of hydrogen-bond acceptors (Lipinski definition) is 4. The Morgan fingerprint density at radius 1 is 0.833 bits per heavy atom. The Labute approximate surface area is 186 Å². The van der Waals surface area contributed by atoms with Gasteiger partial charge in [-0.15, -0.1) is 0 Å². The zero-order valence-electron chi connectivity index (χ0n) is 21.4. The van der Waals surface area contributed by atoms with E-state index in [-0.39, 0.29) is 41.0 Å². The molecule has 0 spiro atoms. The Morgan fingerprint density at radius 3 is 1.87 bits per heavy atom. The van der Waals surface area contributed by atoms with Gasteiger partial charge in [-0.25, -0.2) is 0 Å². The number of nitrogens with one attached hydrogen (secondary N) is 1. The number of carbonyl (C=O) groups excluding carboxylic acids is 1. The van der Waals surface area contributed by atoms with Crippen molar-refractivity contribution in [1.82, 2.24) is 5.32 Å². The molecule has 0 aromatic heterocycles. The van der Waals surface area contributed by atoms with Gasteiger partial charge in [-0.3, -0.25) is 4.79 Å². The first-order valence-corrected chi connectivity index (χ1v) is 11.8. The molecule has 180 valence electrons. The van der Waals surface area contributed by atoms with Gasteiger partial charge < -0.3 is 19.9 Å². The van der Waals surface area contributed by atoms with Crippen LogP contribution in [-0.2, 0) is 14.3 Å². The van der Waals surface area contributed by atoms with Crippen LogP contribution in [0.5, 0.6) is 0 Å². The molecule has 5 nitrogen and oxygen atoms in total. The van der Waals surface area contributed by atoms with E-state index in [1.807, 2.05) is 41.5 Å². The summed E-state index contributed by atoms with van der Waals surface area (Å²) in [5.41, 5.74) is -0.307. The van der Waals surface area contributed by atoms with Gasteiger partial charge in [-0.05, 0) is 66.2 Å². The Bertz CT molecular complexity index is 457. The zero-order chi connectivity index (χ0) is 23.4. The van der Waals surface area contributed by atoms with Crippen molar-refractivity contribution in [2.45, 2.75) is 112 Å². The lowest BCUT2D eigenvalue weighted by Crippen LogP contribution is -2.38. The smallest absolute Gasteiger partial charge is 0.225 e. The number of aliphatic hydroxyl groups excluding tert-OH is 1. The third kappa shape index (κ3) is 18.1. The van der Waals surface area contributed by atoms with Crippen LogP contribution in [0, 0.1) is 17.3 Å². The third-order valence-electron chi connectivity index (χ3n) is 4.80. The van der Waals surface area contributed by atoms with E-state index in [1.165, 1.54) is 0 Å². The van der Waals surface area contributed by atoms with Crippen molar-refractivity contribution >= 4 is 5.91 Å². The highest BCUT2D eigenvalue weighted by atomic mass is 16.5. The molecule has 5 heteroatoms. The first kappa shape index (κ1) is 29.4. The Kier molecular flexibility index (Phi) is 13.4. The monoisotopic (exact) mass is 429 g/mol. The summed E-state index contributed by atoms with van der Waals surface area (Å²) < 4.78 is 11.7. The van der Waals surface area contributed by atoms with Gasteiger partial charge in [0.2, 0.25) is 5.91 Å². The average molecular weight is 430 g/mol. The minimum Gasteiger partial charge on any atom is -0.396 e. The predicted molar refractivity (Wildman–Crippen MR) is 126 cm³/mol. The summed E-state index contributed by atoms with van der Waals surface area (Å²) in [5.74, 6) is 0.205. The van der Waals surface area contributed by atoms with E-state index < -0.39 is 0 Å². The van der Waals surface area contributed by atoms with E-state index in [4.69, 9.17) is 9.47 Å². The fourth-order valence-electron chi connectivity index (χ4n) is 3.18. The van der Waals surface area contributed by atoms with Crippen molar-refractivity contribution in [3.05, 3.63) is 0 Å². The van der Waals surface area contributed by atoms with Gasteiger partial charge in [0.05, 0.1) is 30.3 Å². The number of ether oxygens (including phenoxy) is 2. The van der Waals surface area contributed by atoms with Crippen LogP contribution in [-0.4, -0.2) is 48.6 Å². The van der Waals surface area contributed by atoms with Crippen molar-refractivity contribution in [3.63, 3.8) is 0 Å². The molecule has 0 aromatic rings. The largest absolute Gasteiger partial charge is 0.396 e. The standard InChI is InChI=1S/C25H51NO4/c1-23(2,3)16-21(19-30-25(7,8)9)22(28)26-15-13-11-10-12-14-20(17-27)18-29-24(4,5)6/h20-21,27H,10-19H2,1-9H3,(H,26,28)/t20?,21-/m0/s1. The number of carbonyl (C=O) groups is 1. The Morgan fingerprint density at radius 2 is 1.37 bits per heavy atom. The van der Waals surface area contributed by atoms with E-state index in [0.29, 0.717) is 19.8 Å². The molecule has 30 heavy (non-hydrogen) atoms. The van der Waals surface area contributed by atoms with Gasteiger partial charge in [0.1, 0.15) is 0 Å². The molecule has 0 aliphatic rings. The normalized spacial score (nSPS) is 15.1. The molecule has 0 radical (unpaired) electrons. The van der Waals surface area contributed by atoms with E-state index in [2.05, 4.69) is 26.1 Å². The summed E-state index contributed by atoms with van der Waals surface area (Å²) in [7, 11) is 0. The van der Waals surface area contributed by atoms with Crippen LogP contribution in [0.1, 0.15) is 101 Å². The SMILES string of the molecule is CC(C)(C)C[C@@H](COC(C)(C)C)C(=O)NCCCCCCC(CO)COC(C)(C)C. The second kappa shape index (κ2) is 13.7. The topological polar surface area (TPSA) is 67.8 Å². The quantitative estimate of drug-likeness (QED) is 0.366. The molecule has 0 rings (SSSR count). The van der Waals surface area contributed by atoms with E-state index >= 15 is 0 Å². The van der Waals surface area contributed by atoms with Crippen LogP contribution in [0.4, 0.5) is 0 Å². The number of unbranched alkanes of at least 4 members (excludes halogenated alkanes) is 3. The lowest BCUT2D eigenvalue weighted by Gasteiger charge is -2.28. The summed E-state index contributed by atoms with van der Waals surface area (Å²) in [6, 6.07) is 0. The van der Waals surface area contributed by atoms with Gasteiger partial charge in [0.25, 0.3) is 0 Å². The molecule has 0 aliphatic carbocycles. The second-order valence-electron chi connectivity index (χ2n) is 11.9. The Balaban J connectivity index is 4.13. The van der Waals surface area contributed by atoms with Crippen molar-refractivity contribution in [3.8, 4) is 0 Å². The van der Waals surface area contributed by atoms with Gasteiger partial charge >= 0.3 is 0 Å². The number of hydrogen-bond donors (Lipinski definition) is 2. The fourth-order valence-corrected chi connectivity index (χ4v) is 3.18. The van der Waals surface area contributed by atoms with E-state index in [1.54, 1.807) is 0 Å². The maximum atomic E-state index is 12.7. The van der Waals surface area contributed by atoms with Crippen LogP contribution >= 0.6 is 0 Å². The van der Waals surface area contributed by atoms with Crippen molar-refractivity contribution < 1.29 is 19.4 Å². The van der Waals surface area contributed by atoms with Crippen molar-refractivity contribution in [2.24, 2.45) is 17.3 Å². The van der Waals surface area contributed by atoms with Gasteiger partial charge in [0, 0.05) is 19.1 Å². The minimum atomic E-state index is -0.235. The highest BCUT2D eigenvalue weighted by Gasteiger charge is 2.26. The zero-order valence-corrected chi connectivity index (χ0v) is 21.4. The van der Waals surface area contributed by atoms with Gasteiger partial charge in [-0.1, -0.05) is 40.0 Å². The molecule has 0 saturated carbocycles. The lowest BCUT2D eigenvalue weighted by atomic mass is 9.84. The lowest BCUT2D eigenvalue weighted by molar-refractivity contribution is -0.130. The highest BCUT2D eigenvalue weighted by molar-refractivity contribution is 5.78. The molecule has 0 aromatic carbocycles.